The normalized spacial score (nSPS) is 10.3. The average Bonchev–Trinajstić information content (AvgIpc) is 2.41. The number of ether oxygens (including phenoxy) is 1. The Morgan fingerprint density at radius 3 is 2.43 bits per heavy atom. The number of nitro benzene ring substituents is 1. The lowest BCUT2D eigenvalue weighted by Crippen LogP contribution is -2.01. The van der Waals surface area contributed by atoms with E-state index in [-0.39, 0.29) is 28.7 Å². The lowest BCUT2D eigenvalue weighted by molar-refractivity contribution is -0.385. The van der Waals surface area contributed by atoms with E-state index in [0.29, 0.717) is 8.95 Å². The van der Waals surface area contributed by atoms with Gasteiger partial charge in [0.2, 0.25) is 11.2 Å². The molecule has 0 saturated carbocycles. The first-order valence-corrected chi connectivity index (χ1v) is 7.27. The Morgan fingerprint density at radius 1 is 1.29 bits per heavy atom. The molecule has 8 nitrogen and oxygen atoms in total. The predicted molar refractivity (Wildman–Crippen MR) is 83.0 cm³/mol. The summed E-state index contributed by atoms with van der Waals surface area (Å²) in [6.45, 7) is 0. The number of hydrogen-bond donors (Lipinski definition) is 1. The smallest absolute Gasteiger partial charge is 0.328 e. The van der Waals surface area contributed by atoms with Gasteiger partial charge in [-0.25, -0.2) is 0 Å². The molecule has 110 valence electrons. The van der Waals surface area contributed by atoms with Gasteiger partial charge in [-0.3, -0.25) is 10.1 Å². The van der Waals surface area contributed by atoms with E-state index < -0.39 is 4.92 Å². The fraction of sp³-hybridized carbons (Fsp3) is 0.100. The molecular formula is C10H6Br2ClN5O3. The Balaban J connectivity index is 2.40. The molecule has 2 rings (SSSR count). The molecule has 11 heteroatoms. The number of aromatic nitrogens is 3. The minimum absolute atomic E-state index is 0.0430. The van der Waals surface area contributed by atoms with Gasteiger partial charge in [0.25, 0.3) is 5.69 Å². The van der Waals surface area contributed by atoms with Gasteiger partial charge in [0.05, 0.1) is 13.9 Å². The molecule has 1 aromatic carbocycles. The van der Waals surface area contributed by atoms with Crippen LogP contribution in [0.1, 0.15) is 0 Å². The monoisotopic (exact) mass is 437 g/mol. The summed E-state index contributed by atoms with van der Waals surface area (Å²) in [6.07, 6.45) is 0. The lowest BCUT2D eigenvalue weighted by Gasteiger charge is -2.09. The maximum atomic E-state index is 10.8. The Kier molecular flexibility index (Phi) is 4.91. The fourth-order valence-electron chi connectivity index (χ4n) is 1.33. The van der Waals surface area contributed by atoms with Gasteiger partial charge in [-0.05, 0) is 43.5 Å². The number of halogens is 3. The van der Waals surface area contributed by atoms with Gasteiger partial charge in [-0.1, -0.05) is 0 Å². The quantitative estimate of drug-likeness (QED) is 0.571. The van der Waals surface area contributed by atoms with Crippen LogP contribution >= 0.6 is 43.5 Å². The van der Waals surface area contributed by atoms with Crippen LogP contribution < -0.4 is 10.1 Å². The molecule has 0 aliphatic carbocycles. The van der Waals surface area contributed by atoms with Gasteiger partial charge in [-0.2, -0.15) is 15.0 Å². The van der Waals surface area contributed by atoms with Crippen LogP contribution in [0.4, 0.5) is 11.6 Å². The zero-order chi connectivity index (χ0) is 15.6. The van der Waals surface area contributed by atoms with Crippen molar-refractivity contribution in [2.24, 2.45) is 0 Å². The van der Waals surface area contributed by atoms with Gasteiger partial charge >= 0.3 is 6.01 Å². The first-order valence-electron chi connectivity index (χ1n) is 5.31. The van der Waals surface area contributed by atoms with Crippen molar-refractivity contribution >= 4 is 55.1 Å². The number of hydrogen-bond acceptors (Lipinski definition) is 7. The third-order valence-electron chi connectivity index (χ3n) is 2.20. The minimum Gasteiger partial charge on any atom is -0.422 e. The van der Waals surface area contributed by atoms with Crippen molar-refractivity contribution in [3.63, 3.8) is 0 Å². The van der Waals surface area contributed by atoms with Gasteiger partial charge in [0, 0.05) is 19.2 Å². The predicted octanol–water partition coefficient (Wildman–Crippen LogP) is 3.79. The van der Waals surface area contributed by atoms with Crippen molar-refractivity contribution in [3.8, 4) is 11.8 Å². The largest absolute Gasteiger partial charge is 0.422 e. The molecule has 21 heavy (non-hydrogen) atoms. The highest BCUT2D eigenvalue weighted by Crippen LogP contribution is 2.39. The van der Waals surface area contributed by atoms with Gasteiger partial charge < -0.3 is 10.1 Å². The summed E-state index contributed by atoms with van der Waals surface area (Å²) in [4.78, 5) is 21.9. The van der Waals surface area contributed by atoms with Crippen molar-refractivity contribution in [2.45, 2.75) is 0 Å². The Bertz CT molecular complexity index is 692. The van der Waals surface area contributed by atoms with Crippen LogP contribution in [0.5, 0.6) is 11.8 Å². The summed E-state index contributed by atoms with van der Waals surface area (Å²) < 4.78 is 6.23. The molecule has 1 heterocycles. The lowest BCUT2D eigenvalue weighted by atomic mass is 10.3. The first kappa shape index (κ1) is 15.9. The maximum Gasteiger partial charge on any atom is 0.328 e. The van der Waals surface area contributed by atoms with Crippen LogP contribution in [0.3, 0.4) is 0 Å². The van der Waals surface area contributed by atoms with E-state index in [0.717, 1.165) is 0 Å². The van der Waals surface area contributed by atoms with Crippen molar-refractivity contribution < 1.29 is 9.66 Å². The standard InChI is InChI=1S/C10H6Br2ClN5O3/c1-14-9-15-8(13)16-10(17-9)21-7-5(11)2-4(18(19)20)3-6(7)12/h2-3H,1H3,(H,14,15,16,17). The van der Waals surface area contributed by atoms with Gasteiger partial charge in [-0.15, -0.1) is 0 Å². The van der Waals surface area contributed by atoms with E-state index >= 15 is 0 Å². The molecule has 0 atom stereocenters. The first-order chi connectivity index (χ1) is 9.90. The average molecular weight is 439 g/mol. The molecular weight excluding hydrogens is 433 g/mol. The van der Waals surface area contributed by atoms with Crippen molar-refractivity contribution in [2.75, 3.05) is 12.4 Å². The summed E-state index contributed by atoms with van der Waals surface area (Å²) in [7, 11) is 1.62. The number of nitro groups is 1. The molecule has 0 bridgehead atoms. The topological polar surface area (TPSA) is 103 Å². The summed E-state index contributed by atoms with van der Waals surface area (Å²) in [6, 6.07) is 2.57. The molecule has 0 fully saturated rings. The number of anilines is 1. The minimum atomic E-state index is -0.516. The molecule has 0 amide bonds. The fourth-order valence-corrected chi connectivity index (χ4v) is 2.81. The molecule has 0 unspecified atom stereocenters. The molecule has 0 aliphatic rings. The third-order valence-corrected chi connectivity index (χ3v) is 3.55. The molecule has 0 radical (unpaired) electrons. The SMILES string of the molecule is CNc1nc(Cl)nc(Oc2c(Br)cc([N+](=O)[O-])cc2Br)n1. The van der Waals surface area contributed by atoms with Crippen LogP contribution in [0, 0.1) is 10.1 Å². The van der Waals surface area contributed by atoms with Crippen LogP contribution in [0.15, 0.2) is 21.1 Å². The number of nitrogens with one attached hydrogen (secondary N) is 1. The highest BCUT2D eigenvalue weighted by Gasteiger charge is 2.17. The van der Waals surface area contributed by atoms with Crippen LogP contribution in [0.2, 0.25) is 5.28 Å². The van der Waals surface area contributed by atoms with Crippen LogP contribution in [-0.2, 0) is 0 Å². The molecule has 0 aliphatic heterocycles. The summed E-state index contributed by atoms with van der Waals surface area (Å²) in [5.74, 6) is 0.518. The van der Waals surface area contributed by atoms with Crippen molar-refractivity contribution in [3.05, 3.63) is 36.5 Å². The van der Waals surface area contributed by atoms with Crippen molar-refractivity contribution in [1.29, 1.82) is 0 Å². The number of rotatable bonds is 4. The number of benzene rings is 1. The maximum absolute atomic E-state index is 10.8. The third kappa shape index (κ3) is 3.77. The Labute approximate surface area is 140 Å². The molecule has 1 N–H and O–H groups in total. The molecule has 0 saturated heterocycles. The summed E-state index contributed by atoms with van der Waals surface area (Å²) in [5.41, 5.74) is -0.0920. The number of nitrogens with zero attached hydrogens (tertiary/aromatic N) is 4. The Hall–Kier alpha value is -1.52. The Morgan fingerprint density at radius 2 is 1.90 bits per heavy atom. The van der Waals surface area contributed by atoms with E-state index in [9.17, 15) is 10.1 Å². The number of non-ortho nitro benzene ring substituents is 1. The van der Waals surface area contributed by atoms with Gasteiger partial charge in [0.1, 0.15) is 0 Å². The van der Waals surface area contributed by atoms with E-state index in [1.807, 2.05) is 0 Å². The van der Waals surface area contributed by atoms with Crippen LogP contribution in [0.25, 0.3) is 0 Å². The zero-order valence-corrected chi connectivity index (χ0v) is 14.2. The second-order valence-electron chi connectivity index (χ2n) is 3.56. The second-order valence-corrected chi connectivity index (χ2v) is 5.61. The van der Waals surface area contributed by atoms with Gasteiger partial charge in [0.15, 0.2) is 5.75 Å². The molecule has 1 aromatic heterocycles. The van der Waals surface area contributed by atoms with Crippen molar-refractivity contribution in [1.82, 2.24) is 15.0 Å². The van der Waals surface area contributed by atoms with E-state index in [4.69, 9.17) is 16.3 Å². The molecule has 2 aromatic rings. The zero-order valence-electron chi connectivity index (χ0n) is 10.3. The van der Waals surface area contributed by atoms with E-state index in [1.54, 1.807) is 7.05 Å². The summed E-state index contributed by atoms with van der Waals surface area (Å²) in [5, 5.41) is 13.4. The highest BCUT2D eigenvalue weighted by molar-refractivity contribution is 9.11. The summed E-state index contributed by atoms with van der Waals surface area (Å²) >= 11 is 12.1. The van der Waals surface area contributed by atoms with Crippen LogP contribution in [-0.4, -0.2) is 26.9 Å². The van der Waals surface area contributed by atoms with E-state index in [1.165, 1.54) is 12.1 Å². The highest BCUT2D eigenvalue weighted by atomic mass is 79.9. The molecule has 0 spiro atoms. The van der Waals surface area contributed by atoms with E-state index in [2.05, 4.69) is 52.1 Å². The second kappa shape index (κ2) is 6.50.